The van der Waals surface area contributed by atoms with Crippen molar-refractivity contribution in [3.63, 3.8) is 0 Å². The van der Waals surface area contributed by atoms with E-state index in [0.717, 1.165) is 26.1 Å². The van der Waals surface area contributed by atoms with Crippen molar-refractivity contribution < 1.29 is 19.4 Å². The van der Waals surface area contributed by atoms with Crippen LogP contribution in [0.3, 0.4) is 0 Å². The van der Waals surface area contributed by atoms with E-state index in [9.17, 15) is 4.79 Å². The molecule has 0 spiro atoms. The van der Waals surface area contributed by atoms with E-state index >= 15 is 0 Å². The van der Waals surface area contributed by atoms with Crippen LogP contribution in [0.1, 0.15) is 13.3 Å². The molecule has 0 amide bonds. The molecule has 2 fully saturated rings. The molecule has 4 rings (SSSR count). The molecular formula is C20H24N2O4. The second kappa shape index (κ2) is 7.11. The first kappa shape index (κ1) is 17.1. The van der Waals surface area contributed by atoms with Gasteiger partial charge in [-0.2, -0.15) is 0 Å². The van der Waals surface area contributed by atoms with Gasteiger partial charge in [0.25, 0.3) is 5.88 Å². The molecule has 138 valence electrons. The Balaban J connectivity index is 1.24. The van der Waals surface area contributed by atoms with Crippen LogP contribution in [0.2, 0.25) is 0 Å². The summed E-state index contributed by atoms with van der Waals surface area (Å²) in [5.74, 6) is 1.25. The zero-order valence-corrected chi connectivity index (χ0v) is 14.9. The van der Waals surface area contributed by atoms with Crippen LogP contribution in [-0.2, 0) is 4.79 Å². The van der Waals surface area contributed by atoms with Gasteiger partial charge in [0.2, 0.25) is 0 Å². The molecule has 6 nitrogen and oxygen atoms in total. The van der Waals surface area contributed by atoms with Crippen LogP contribution < -0.4 is 9.47 Å². The Kier molecular flexibility index (Phi) is 4.68. The fourth-order valence-corrected chi connectivity index (χ4v) is 4.04. The Labute approximate surface area is 153 Å². The van der Waals surface area contributed by atoms with Gasteiger partial charge in [0.05, 0.1) is 5.92 Å². The molecule has 0 aromatic carbocycles. The number of piperidine rings is 1. The number of carboxylic acid groups (broad SMARTS) is 1. The second-order valence-corrected chi connectivity index (χ2v) is 7.25. The van der Waals surface area contributed by atoms with Crippen molar-refractivity contribution in [1.29, 1.82) is 0 Å². The summed E-state index contributed by atoms with van der Waals surface area (Å²) < 4.78 is 11.5. The molecule has 3 aliphatic rings. The lowest BCUT2D eigenvalue weighted by Crippen LogP contribution is -2.29. The molecule has 3 atom stereocenters. The molecule has 6 heteroatoms. The molecule has 0 bridgehead atoms. The standard InChI is InChI=1S/C20H24N2O4/c1-2-13(9-22-10-15-16(11-22)18(15)20(23)24)5-3-6-14-12-25-17-7-4-8-21-19(17)26-14/h2-5,7-8,14-16,18H,6,9-12H2,1H3,(H,23,24). The average molecular weight is 356 g/mol. The van der Waals surface area contributed by atoms with Gasteiger partial charge in [-0.1, -0.05) is 18.2 Å². The first-order chi connectivity index (χ1) is 12.7. The summed E-state index contributed by atoms with van der Waals surface area (Å²) in [6.07, 6.45) is 8.81. The highest BCUT2D eigenvalue weighted by Crippen LogP contribution is 2.51. The number of ether oxygens (including phenoxy) is 2. The number of hydrogen-bond acceptors (Lipinski definition) is 5. The van der Waals surface area contributed by atoms with E-state index in [2.05, 4.69) is 28.1 Å². The van der Waals surface area contributed by atoms with Crippen molar-refractivity contribution in [2.24, 2.45) is 17.8 Å². The monoisotopic (exact) mass is 356 g/mol. The highest BCUT2D eigenvalue weighted by molar-refractivity contribution is 5.74. The minimum absolute atomic E-state index is 0.0255. The van der Waals surface area contributed by atoms with Crippen LogP contribution in [0, 0.1) is 17.8 Å². The molecule has 1 N–H and O–H groups in total. The van der Waals surface area contributed by atoms with Crippen molar-refractivity contribution in [2.75, 3.05) is 26.2 Å². The fraction of sp³-hybridized carbons (Fsp3) is 0.500. The van der Waals surface area contributed by atoms with Crippen molar-refractivity contribution in [1.82, 2.24) is 9.88 Å². The van der Waals surface area contributed by atoms with E-state index in [1.165, 1.54) is 5.57 Å². The minimum atomic E-state index is -0.628. The summed E-state index contributed by atoms with van der Waals surface area (Å²) in [6, 6.07) is 3.70. The Hall–Kier alpha value is -2.34. The van der Waals surface area contributed by atoms with Gasteiger partial charge >= 0.3 is 5.97 Å². The lowest BCUT2D eigenvalue weighted by atomic mass is 10.1. The van der Waals surface area contributed by atoms with Crippen LogP contribution >= 0.6 is 0 Å². The summed E-state index contributed by atoms with van der Waals surface area (Å²) in [5, 5.41) is 9.11. The van der Waals surface area contributed by atoms with E-state index in [1.807, 2.05) is 19.1 Å². The maximum Gasteiger partial charge on any atom is 0.307 e. The topological polar surface area (TPSA) is 71.9 Å². The highest BCUT2D eigenvalue weighted by Gasteiger charge is 2.59. The number of aliphatic carboxylic acids is 1. The average Bonchev–Trinajstić information content (AvgIpc) is 3.17. The molecule has 3 heterocycles. The maximum absolute atomic E-state index is 11.1. The Morgan fingerprint density at radius 3 is 2.96 bits per heavy atom. The quantitative estimate of drug-likeness (QED) is 0.789. The third kappa shape index (κ3) is 3.46. The molecule has 1 aromatic heterocycles. The fourth-order valence-electron chi connectivity index (χ4n) is 4.04. The number of carboxylic acids is 1. The van der Waals surface area contributed by atoms with E-state index in [0.29, 0.717) is 30.1 Å². The van der Waals surface area contributed by atoms with Gasteiger partial charge in [0.15, 0.2) is 5.75 Å². The van der Waals surface area contributed by atoms with Crippen LogP contribution in [0.4, 0.5) is 0 Å². The van der Waals surface area contributed by atoms with E-state index in [1.54, 1.807) is 6.20 Å². The SMILES string of the molecule is CC=C(C=CCC1COc2cccnc2O1)CN1CC2C(C1)C2C(=O)O. The Morgan fingerprint density at radius 1 is 1.42 bits per heavy atom. The predicted octanol–water partition coefficient (Wildman–Crippen LogP) is 2.38. The number of nitrogens with zero attached hydrogens (tertiary/aromatic N) is 2. The maximum atomic E-state index is 11.1. The van der Waals surface area contributed by atoms with Gasteiger partial charge in [-0.3, -0.25) is 9.69 Å². The van der Waals surface area contributed by atoms with Gasteiger partial charge in [0.1, 0.15) is 12.7 Å². The lowest BCUT2D eigenvalue weighted by Gasteiger charge is -2.24. The first-order valence-corrected chi connectivity index (χ1v) is 9.17. The second-order valence-electron chi connectivity index (χ2n) is 7.25. The zero-order chi connectivity index (χ0) is 18.1. The van der Waals surface area contributed by atoms with Crippen molar-refractivity contribution >= 4 is 5.97 Å². The number of fused-ring (bicyclic) bond motifs is 2. The molecule has 1 saturated heterocycles. The molecule has 26 heavy (non-hydrogen) atoms. The van der Waals surface area contributed by atoms with Crippen LogP contribution in [0.25, 0.3) is 0 Å². The largest absolute Gasteiger partial charge is 0.484 e. The molecule has 1 aliphatic carbocycles. The van der Waals surface area contributed by atoms with Gasteiger partial charge in [-0.25, -0.2) is 4.98 Å². The smallest absolute Gasteiger partial charge is 0.307 e. The van der Waals surface area contributed by atoms with E-state index in [-0.39, 0.29) is 12.0 Å². The third-order valence-electron chi connectivity index (χ3n) is 5.50. The first-order valence-electron chi connectivity index (χ1n) is 9.17. The minimum Gasteiger partial charge on any atom is -0.484 e. The summed E-state index contributed by atoms with van der Waals surface area (Å²) >= 11 is 0. The number of hydrogen-bond donors (Lipinski definition) is 1. The van der Waals surface area contributed by atoms with Crippen LogP contribution in [-0.4, -0.2) is 53.3 Å². The summed E-state index contributed by atoms with van der Waals surface area (Å²) in [5.41, 5.74) is 1.24. The van der Waals surface area contributed by atoms with Crippen molar-refractivity contribution in [3.05, 3.63) is 42.1 Å². The molecule has 1 saturated carbocycles. The van der Waals surface area contributed by atoms with Gasteiger partial charge in [-0.15, -0.1) is 0 Å². The van der Waals surface area contributed by atoms with E-state index in [4.69, 9.17) is 14.6 Å². The Bertz CT molecular complexity index is 733. The summed E-state index contributed by atoms with van der Waals surface area (Å²) in [7, 11) is 0. The lowest BCUT2D eigenvalue weighted by molar-refractivity contribution is -0.139. The number of likely N-dealkylation sites (tertiary alicyclic amines) is 1. The number of aromatic nitrogens is 1. The number of rotatable bonds is 6. The highest BCUT2D eigenvalue weighted by atomic mass is 16.6. The number of allylic oxidation sites excluding steroid dienone is 1. The van der Waals surface area contributed by atoms with Gasteiger partial charge < -0.3 is 14.6 Å². The van der Waals surface area contributed by atoms with E-state index < -0.39 is 5.97 Å². The van der Waals surface area contributed by atoms with Crippen LogP contribution in [0.5, 0.6) is 11.6 Å². The van der Waals surface area contributed by atoms with Gasteiger partial charge in [-0.05, 0) is 36.5 Å². The molecule has 1 aromatic rings. The predicted molar refractivity (Wildman–Crippen MR) is 96.2 cm³/mol. The molecule has 2 aliphatic heterocycles. The molecular weight excluding hydrogens is 332 g/mol. The zero-order valence-electron chi connectivity index (χ0n) is 14.9. The summed E-state index contributed by atoms with van der Waals surface area (Å²) in [6.45, 7) is 5.24. The summed E-state index contributed by atoms with van der Waals surface area (Å²) in [4.78, 5) is 17.6. The molecule has 0 radical (unpaired) electrons. The van der Waals surface area contributed by atoms with Crippen molar-refractivity contribution in [2.45, 2.75) is 19.4 Å². The van der Waals surface area contributed by atoms with Gasteiger partial charge in [0, 0.05) is 32.3 Å². The van der Waals surface area contributed by atoms with Crippen molar-refractivity contribution in [3.8, 4) is 11.6 Å². The molecule has 3 unspecified atom stereocenters. The number of pyridine rings is 1. The normalized spacial score (nSPS) is 30.4. The number of carbonyl (C=O) groups is 1. The third-order valence-corrected chi connectivity index (χ3v) is 5.50. The van der Waals surface area contributed by atoms with Crippen LogP contribution in [0.15, 0.2) is 42.1 Å². The Morgan fingerprint density at radius 2 is 2.23 bits per heavy atom.